The number of carboxylic acid groups (broad SMARTS) is 1. The third-order valence-electron chi connectivity index (χ3n) is 3.41. The van der Waals surface area contributed by atoms with Crippen LogP contribution in [-0.4, -0.2) is 26.1 Å². The van der Waals surface area contributed by atoms with E-state index in [0.717, 1.165) is 16.8 Å². The van der Waals surface area contributed by atoms with Crippen LogP contribution in [0.1, 0.15) is 16.1 Å². The molecule has 1 N–H and O–H groups in total. The Kier molecular flexibility index (Phi) is 4.26. The molecule has 0 atom stereocenters. The summed E-state index contributed by atoms with van der Waals surface area (Å²) in [6.45, 7) is -0.305. The van der Waals surface area contributed by atoms with E-state index in [1.54, 1.807) is 18.2 Å². The number of benzene rings is 2. The van der Waals surface area contributed by atoms with E-state index < -0.39 is 17.6 Å². The number of aromatic carboxylic acids is 1. The summed E-state index contributed by atoms with van der Waals surface area (Å²) < 4.78 is 28.9. The van der Waals surface area contributed by atoms with Crippen LogP contribution in [0.3, 0.4) is 0 Å². The van der Waals surface area contributed by atoms with Crippen LogP contribution in [-0.2, 0) is 6.54 Å². The van der Waals surface area contributed by atoms with Gasteiger partial charge < -0.3 is 5.11 Å². The van der Waals surface area contributed by atoms with E-state index in [9.17, 15) is 18.7 Å². The normalized spacial score (nSPS) is 10.8. The van der Waals surface area contributed by atoms with Gasteiger partial charge in [0.05, 0.1) is 6.54 Å². The van der Waals surface area contributed by atoms with Crippen molar-refractivity contribution in [3.63, 3.8) is 0 Å². The van der Waals surface area contributed by atoms with Crippen molar-refractivity contribution in [2.45, 2.75) is 6.54 Å². The molecule has 24 heavy (non-hydrogen) atoms. The number of aromatic nitrogens is 3. The molecule has 0 bridgehead atoms. The van der Waals surface area contributed by atoms with Gasteiger partial charge in [0.2, 0.25) is 0 Å². The van der Waals surface area contributed by atoms with Crippen molar-refractivity contribution in [1.29, 1.82) is 0 Å². The molecular weight excluding hydrogens is 340 g/mol. The van der Waals surface area contributed by atoms with E-state index in [4.69, 9.17) is 11.6 Å². The molecule has 1 heterocycles. The molecule has 3 aromatic rings. The van der Waals surface area contributed by atoms with E-state index in [2.05, 4.69) is 10.3 Å². The molecule has 1 aromatic heterocycles. The highest BCUT2D eigenvalue weighted by Crippen LogP contribution is 2.26. The van der Waals surface area contributed by atoms with Gasteiger partial charge in [0.15, 0.2) is 5.69 Å². The van der Waals surface area contributed by atoms with Crippen molar-refractivity contribution >= 4 is 17.6 Å². The third-order valence-corrected chi connectivity index (χ3v) is 3.64. The monoisotopic (exact) mass is 349 g/mol. The lowest BCUT2D eigenvalue weighted by Gasteiger charge is -2.09. The van der Waals surface area contributed by atoms with Gasteiger partial charge in [-0.2, -0.15) is 0 Å². The summed E-state index contributed by atoms with van der Waals surface area (Å²) in [5.74, 6) is -2.80. The summed E-state index contributed by atoms with van der Waals surface area (Å²) >= 11 is 5.94. The highest BCUT2D eigenvalue weighted by atomic mass is 35.5. The summed E-state index contributed by atoms with van der Waals surface area (Å²) in [5.41, 5.74) is -0.00840. The van der Waals surface area contributed by atoms with Crippen LogP contribution in [0.4, 0.5) is 8.78 Å². The number of rotatable bonds is 4. The first kappa shape index (κ1) is 16.1. The fraction of sp³-hybridized carbons (Fsp3) is 0.0625. The molecule has 8 heteroatoms. The Balaban J connectivity index is 2.14. The first-order valence-corrected chi connectivity index (χ1v) is 7.21. The molecule has 0 amide bonds. The van der Waals surface area contributed by atoms with Gasteiger partial charge in [0, 0.05) is 16.1 Å². The Morgan fingerprint density at radius 2 is 1.83 bits per heavy atom. The topological polar surface area (TPSA) is 68.0 Å². The molecule has 0 spiro atoms. The second-order valence-electron chi connectivity index (χ2n) is 4.96. The van der Waals surface area contributed by atoms with Gasteiger partial charge in [-0.1, -0.05) is 35.0 Å². The number of hydrogen-bond donors (Lipinski definition) is 1. The lowest BCUT2D eigenvalue weighted by Crippen LogP contribution is -2.09. The quantitative estimate of drug-likeness (QED) is 0.781. The smallest absolute Gasteiger partial charge is 0.358 e. The minimum absolute atomic E-state index is 0.118. The fourth-order valence-electron chi connectivity index (χ4n) is 2.32. The van der Waals surface area contributed by atoms with Gasteiger partial charge in [0.1, 0.15) is 17.3 Å². The number of halogens is 3. The molecule has 0 unspecified atom stereocenters. The van der Waals surface area contributed by atoms with Gasteiger partial charge in [-0.25, -0.2) is 18.3 Å². The summed E-state index contributed by atoms with van der Waals surface area (Å²) in [4.78, 5) is 11.4. The Morgan fingerprint density at radius 1 is 1.17 bits per heavy atom. The molecule has 0 saturated heterocycles. The molecule has 0 radical (unpaired) electrons. The van der Waals surface area contributed by atoms with Crippen molar-refractivity contribution in [1.82, 2.24) is 15.0 Å². The van der Waals surface area contributed by atoms with E-state index in [1.807, 2.05) is 0 Å². The van der Waals surface area contributed by atoms with Crippen molar-refractivity contribution < 1.29 is 18.7 Å². The predicted octanol–water partition coefficient (Wildman–Crippen LogP) is 3.62. The average molecular weight is 350 g/mol. The zero-order valence-corrected chi connectivity index (χ0v) is 12.8. The average Bonchev–Trinajstić information content (AvgIpc) is 2.95. The van der Waals surface area contributed by atoms with Gasteiger partial charge in [-0.3, -0.25) is 0 Å². The van der Waals surface area contributed by atoms with Crippen LogP contribution in [0.2, 0.25) is 5.02 Å². The van der Waals surface area contributed by atoms with Crippen molar-refractivity contribution in [2.75, 3.05) is 0 Å². The molecule has 0 aliphatic rings. The maximum Gasteiger partial charge on any atom is 0.358 e. The molecule has 0 aliphatic heterocycles. The number of carbonyl (C=O) groups is 1. The Bertz CT molecular complexity index is 907. The number of nitrogens with zero attached hydrogens (tertiary/aromatic N) is 3. The molecule has 0 saturated carbocycles. The maximum atomic E-state index is 13.9. The van der Waals surface area contributed by atoms with E-state index in [-0.39, 0.29) is 23.5 Å². The first-order valence-electron chi connectivity index (χ1n) is 6.83. The summed E-state index contributed by atoms with van der Waals surface area (Å²) in [6.07, 6.45) is 0. The van der Waals surface area contributed by atoms with Crippen molar-refractivity contribution in [2.24, 2.45) is 0 Å². The van der Waals surface area contributed by atoms with Gasteiger partial charge in [0.25, 0.3) is 0 Å². The summed E-state index contributed by atoms with van der Waals surface area (Å²) in [6, 6.07) is 9.88. The van der Waals surface area contributed by atoms with E-state index in [1.165, 1.54) is 12.1 Å². The predicted molar refractivity (Wildman–Crippen MR) is 82.9 cm³/mol. The van der Waals surface area contributed by atoms with E-state index in [0.29, 0.717) is 10.6 Å². The van der Waals surface area contributed by atoms with Gasteiger partial charge in [-0.15, -0.1) is 5.10 Å². The number of carboxylic acids is 1. The summed E-state index contributed by atoms with van der Waals surface area (Å²) in [7, 11) is 0. The van der Waals surface area contributed by atoms with Crippen LogP contribution in [0.15, 0.2) is 42.5 Å². The van der Waals surface area contributed by atoms with Crippen LogP contribution in [0.5, 0.6) is 0 Å². The van der Waals surface area contributed by atoms with E-state index >= 15 is 0 Å². The Labute approximate surface area is 140 Å². The van der Waals surface area contributed by atoms with Crippen LogP contribution in [0.25, 0.3) is 11.3 Å². The molecule has 122 valence electrons. The van der Waals surface area contributed by atoms with Crippen LogP contribution >= 0.6 is 11.6 Å². The Morgan fingerprint density at radius 3 is 2.46 bits per heavy atom. The van der Waals surface area contributed by atoms with Crippen molar-refractivity contribution in [3.8, 4) is 11.3 Å². The number of hydrogen-bond acceptors (Lipinski definition) is 3. The lowest BCUT2D eigenvalue weighted by molar-refractivity contribution is 0.0691. The second-order valence-corrected chi connectivity index (χ2v) is 5.40. The van der Waals surface area contributed by atoms with Crippen LogP contribution in [0, 0.1) is 11.6 Å². The second kappa shape index (κ2) is 6.37. The fourth-order valence-corrected chi connectivity index (χ4v) is 2.51. The minimum atomic E-state index is -1.30. The zero-order chi connectivity index (χ0) is 17.3. The molecule has 3 rings (SSSR count). The third kappa shape index (κ3) is 2.98. The molecule has 2 aromatic carbocycles. The Hall–Kier alpha value is -2.80. The van der Waals surface area contributed by atoms with Gasteiger partial charge in [-0.05, 0) is 24.3 Å². The zero-order valence-electron chi connectivity index (χ0n) is 12.1. The largest absolute Gasteiger partial charge is 0.476 e. The molecule has 0 fully saturated rings. The van der Waals surface area contributed by atoms with Crippen LogP contribution < -0.4 is 0 Å². The highest BCUT2D eigenvalue weighted by molar-refractivity contribution is 6.30. The SMILES string of the molecule is O=C(O)c1nnn(Cc2c(F)cccc2F)c1-c1cccc(Cl)c1. The van der Waals surface area contributed by atoms with Gasteiger partial charge >= 0.3 is 5.97 Å². The highest BCUT2D eigenvalue weighted by Gasteiger charge is 2.22. The lowest BCUT2D eigenvalue weighted by atomic mass is 10.1. The van der Waals surface area contributed by atoms with Crippen molar-refractivity contribution in [3.05, 3.63) is 70.4 Å². The molecule has 5 nitrogen and oxygen atoms in total. The first-order chi connectivity index (χ1) is 11.5. The molecule has 0 aliphatic carbocycles. The molecular formula is C16H10ClF2N3O2. The summed E-state index contributed by atoms with van der Waals surface area (Å²) in [5, 5.41) is 17.0. The minimum Gasteiger partial charge on any atom is -0.476 e. The standard InChI is InChI=1S/C16H10ClF2N3O2/c17-10-4-1-3-9(7-10)15-14(16(23)24)20-21-22(15)8-11-12(18)5-2-6-13(11)19/h1-7H,8H2,(H,23,24). The maximum absolute atomic E-state index is 13.9.